The average molecular weight is 361 g/mol. The fourth-order valence-electron chi connectivity index (χ4n) is 2.05. The van der Waals surface area contributed by atoms with Crippen molar-refractivity contribution in [3.8, 4) is 0 Å². The lowest BCUT2D eigenvalue weighted by Crippen LogP contribution is -2.09. The molecule has 0 amide bonds. The molecule has 0 saturated heterocycles. The van der Waals surface area contributed by atoms with Gasteiger partial charge in [-0.25, -0.2) is 4.39 Å². The molecule has 0 aliphatic carbocycles. The molecular weight excluding hydrogens is 345 g/mol. The molecule has 3 nitrogen and oxygen atoms in total. The average Bonchev–Trinajstić information content (AvgIpc) is 2.68. The lowest BCUT2D eigenvalue weighted by atomic mass is 10.2. The molecule has 0 fully saturated rings. The summed E-state index contributed by atoms with van der Waals surface area (Å²) in [5, 5.41) is 8.33. The topological polar surface area (TPSA) is 29.9 Å². The molecule has 0 aliphatic rings. The van der Waals surface area contributed by atoms with Crippen molar-refractivity contribution in [2.24, 2.45) is 0 Å². The maximum absolute atomic E-state index is 13.4. The number of benzene rings is 1. The van der Waals surface area contributed by atoms with Crippen LogP contribution in [0.3, 0.4) is 0 Å². The van der Waals surface area contributed by atoms with Crippen LogP contribution in [0, 0.1) is 19.7 Å². The second-order valence-corrected chi connectivity index (χ2v) is 5.83. The molecule has 20 heavy (non-hydrogen) atoms. The quantitative estimate of drug-likeness (QED) is 0.857. The molecule has 108 valence electrons. The molecule has 1 N–H and O–H groups in total. The summed E-state index contributed by atoms with van der Waals surface area (Å²) in [6.45, 7) is 7.08. The van der Waals surface area contributed by atoms with Crippen molar-refractivity contribution in [3.63, 3.8) is 0 Å². The zero-order chi connectivity index (χ0) is 14.9. The largest absolute Gasteiger partial charge is 0.379 e. The van der Waals surface area contributed by atoms with E-state index in [0.717, 1.165) is 29.2 Å². The number of anilines is 1. The van der Waals surface area contributed by atoms with E-state index in [-0.39, 0.29) is 5.82 Å². The van der Waals surface area contributed by atoms with Gasteiger partial charge >= 0.3 is 0 Å². The van der Waals surface area contributed by atoms with Crippen LogP contribution in [0.4, 0.5) is 10.1 Å². The Hall–Kier alpha value is -1.07. The summed E-state index contributed by atoms with van der Waals surface area (Å²) in [5.41, 5.74) is 3.48. The predicted octanol–water partition coefficient (Wildman–Crippen LogP) is 4.69. The monoisotopic (exact) mass is 359 g/mol. The second kappa shape index (κ2) is 6.14. The summed E-state index contributed by atoms with van der Waals surface area (Å²) in [6.07, 6.45) is 0. The van der Waals surface area contributed by atoms with Crippen LogP contribution in [0.15, 0.2) is 16.6 Å². The Bertz CT molecular complexity index is 640. The minimum Gasteiger partial charge on any atom is -0.379 e. The number of aromatic nitrogens is 2. The van der Waals surface area contributed by atoms with E-state index in [4.69, 9.17) is 11.6 Å². The van der Waals surface area contributed by atoms with Gasteiger partial charge < -0.3 is 5.32 Å². The number of nitrogens with one attached hydrogen (secondary N) is 1. The number of rotatable bonds is 4. The van der Waals surface area contributed by atoms with Gasteiger partial charge in [-0.1, -0.05) is 11.6 Å². The second-order valence-electron chi connectivity index (χ2n) is 4.60. The van der Waals surface area contributed by atoms with Crippen LogP contribution < -0.4 is 5.32 Å². The lowest BCUT2D eigenvalue weighted by Gasteiger charge is -2.12. The summed E-state index contributed by atoms with van der Waals surface area (Å²) in [7, 11) is 0. The Balaban J connectivity index is 2.23. The maximum Gasteiger partial charge on any atom is 0.137 e. The van der Waals surface area contributed by atoms with Crippen LogP contribution in [0.2, 0.25) is 5.02 Å². The van der Waals surface area contributed by atoms with Crippen molar-refractivity contribution >= 4 is 33.2 Å². The summed E-state index contributed by atoms with van der Waals surface area (Å²) in [6, 6.07) is 3.23. The summed E-state index contributed by atoms with van der Waals surface area (Å²) < 4.78 is 15.7. The Morgan fingerprint density at radius 2 is 2.10 bits per heavy atom. The molecule has 0 aliphatic heterocycles. The minimum absolute atomic E-state index is 0.263. The molecule has 0 radical (unpaired) electrons. The van der Waals surface area contributed by atoms with Crippen LogP contribution >= 0.6 is 27.5 Å². The van der Waals surface area contributed by atoms with E-state index in [2.05, 4.69) is 26.3 Å². The fraction of sp³-hybridized carbons (Fsp3) is 0.357. The SMILES string of the molecule is CCn1nc(C)c(Cl)c1CNc1cc(Br)c(F)cc1C. The minimum atomic E-state index is -0.263. The summed E-state index contributed by atoms with van der Waals surface area (Å²) in [5.74, 6) is -0.263. The maximum atomic E-state index is 13.4. The molecule has 1 aromatic carbocycles. The Morgan fingerprint density at radius 3 is 2.75 bits per heavy atom. The fourth-order valence-corrected chi connectivity index (χ4v) is 2.60. The Labute approximate surface area is 131 Å². The molecule has 6 heteroatoms. The standard InChI is InChI=1S/C14H16BrClFN3/c1-4-20-13(14(16)9(3)19-20)7-18-12-6-10(15)11(17)5-8(12)2/h5-6,18H,4,7H2,1-3H3. The number of nitrogens with zero attached hydrogens (tertiary/aromatic N) is 2. The van der Waals surface area contributed by atoms with E-state index >= 15 is 0 Å². The highest BCUT2D eigenvalue weighted by atomic mass is 79.9. The highest BCUT2D eigenvalue weighted by Crippen LogP contribution is 2.26. The molecule has 2 rings (SSSR count). The highest BCUT2D eigenvalue weighted by molar-refractivity contribution is 9.10. The van der Waals surface area contributed by atoms with E-state index in [1.165, 1.54) is 6.07 Å². The van der Waals surface area contributed by atoms with Gasteiger partial charge in [-0.2, -0.15) is 5.10 Å². The van der Waals surface area contributed by atoms with Crippen molar-refractivity contribution in [2.75, 3.05) is 5.32 Å². The molecule has 1 heterocycles. The predicted molar refractivity (Wildman–Crippen MR) is 83.8 cm³/mol. The van der Waals surface area contributed by atoms with E-state index in [9.17, 15) is 4.39 Å². The van der Waals surface area contributed by atoms with Crippen LogP contribution in [-0.2, 0) is 13.1 Å². The van der Waals surface area contributed by atoms with E-state index < -0.39 is 0 Å². The van der Waals surface area contributed by atoms with Crippen LogP contribution in [0.25, 0.3) is 0 Å². The normalized spacial score (nSPS) is 10.9. The van der Waals surface area contributed by atoms with Gasteiger partial charge in [-0.05, 0) is 54.4 Å². The third kappa shape index (κ3) is 2.99. The van der Waals surface area contributed by atoms with Gasteiger partial charge in [-0.3, -0.25) is 4.68 Å². The highest BCUT2D eigenvalue weighted by Gasteiger charge is 2.13. The first-order valence-corrected chi connectivity index (χ1v) is 7.52. The third-order valence-electron chi connectivity index (χ3n) is 3.17. The summed E-state index contributed by atoms with van der Waals surface area (Å²) >= 11 is 9.46. The van der Waals surface area contributed by atoms with Crippen molar-refractivity contribution < 1.29 is 4.39 Å². The molecule has 0 saturated carbocycles. The number of halogens is 3. The van der Waals surface area contributed by atoms with Gasteiger partial charge in [0, 0.05) is 12.2 Å². The number of hydrogen-bond donors (Lipinski definition) is 1. The van der Waals surface area contributed by atoms with Gasteiger partial charge in [0.25, 0.3) is 0 Å². The van der Waals surface area contributed by atoms with Crippen molar-refractivity contribution in [1.82, 2.24) is 9.78 Å². The first-order chi connectivity index (χ1) is 9.43. The molecule has 0 bridgehead atoms. The van der Waals surface area contributed by atoms with E-state index in [0.29, 0.717) is 16.0 Å². The lowest BCUT2D eigenvalue weighted by molar-refractivity contribution is 0.618. The van der Waals surface area contributed by atoms with Crippen molar-refractivity contribution in [1.29, 1.82) is 0 Å². The van der Waals surface area contributed by atoms with Crippen LogP contribution in [-0.4, -0.2) is 9.78 Å². The number of aryl methyl sites for hydroxylation is 3. The molecule has 0 spiro atoms. The van der Waals surface area contributed by atoms with E-state index in [1.54, 1.807) is 6.07 Å². The number of hydrogen-bond acceptors (Lipinski definition) is 2. The summed E-state index contributed by atoms with van der Waals surface area (Å²) in [4.78, 5) is 0. The third-order valence-corrected chi connectivity index (χ3v) is 4.27. The molecule has 0 atom stereocenters. The molecule has 1 aromatic heterocycles. The molecule has 2 aromatic rings. The smallest absolute Gasteiger partial charge is 0.137 e. The van der Waals surface area contributed by atoms with Crippen LogP contribution in [0.5, 0.6) is 0 Å². The first kappa shape index (κ1) is 15.3. The Kier molecular flexibility index (Phi) is 4.70. The van der Waals surface area contributed by atoms with Crippen molar-refractivity contribution in [3.05, 3.63) is 44.4 Å². The van der Waals surface area contributed by atoms with Gasteiger partial charge in [0.2, 0.25) is 0 Å². The van der Waals surface area contributed by atoms with Gasteiger partial charge in [-0.15, -0.1) is 0 Å². The zero-order valence-corrected chi connectivity index (χ0v) is 13.9. The molecule has 0 unspecified atom stereocenters. The van der Waals surface area contributed by atoms with Gasteiger partial charge in [0.05, 0.1) is 27.4 Å². The van der Waals surface area contributed by atoms with Crippen LogP contribution in [0.1, 0.15) is 23.9 Å². The van der Waals surface area contributed by atoms with E-state index in [1.807, 2.05) is 25.5 Å². The zero-order valence-electron chi connectivity index (χ0n) is 11.6. The first-order valence-electron chi connectivity index (χ1n) is 6.35. The van der Waals surface area contributed by atoms with Crippen molar-refractivity contribution in [2.45, 2.75) is 33.9 Å². The van der Waals surface area contributed by atoms with Gasteiger partial charge in [0.15, 0.2) is 0 Å². The molecular formula is C14H16BrClFN3. The van der Waals surface area contributed by atoms with Gasteiger partial charge in [0.1, 0.15) is 5.82 Å². The Morgan fingerprint density at radius 1 is 1.40 bits per heavy atom.